The summed E-state index contributed by atoms with van der Waals surface area (Å²) in [5.74, 6) is 0. The number of nitrogens with one attached hydrogen (secondary N) is 1. The summed E-state index contributed by atoms with van der Waals surface area (Å²) >= 11 is 7.08. The molecule has 0 aromatic carbocycles. The number of aromatic nitrogens is 3. The lowest BCUT2D eigenvalue weighted by Crippen LogP contribution is -2.36. The molecule has 16 heavy (non-hydrogen) atoms. The summed E-state index contributed by atoms with van der Waals surface area (Å²) in [4.78, 5) is 29.7. The predicted octanol–water partition coefficient (Wildman–Crippen LogP) is 1.00. The Morgan fingerprint density at radius 1 is 1.56 bits per heavy atom. The van der Waals surface area contributed by atoms with Crippen LogP contribution in [-0.4, -0.2) is 14.5 Å². The molecule has 2 aromatic rings. The van der Waals surface area contributed by atoms with Gasteiger partial charge in [-0.15, -0.1) is 11.3 Å². The Morgan fingerprint density at radius 3 is 2.94 bits per heavy atom. The predicted molar refractivity (Wildman–Crippen MR) is 62.3 cm³/mol. The van der Waals surface area contributed by atoms with Crippen molar-refractivity contribution in [1.29, 1.82) is 0 Å². The molecule has 0 spiro atoms. The van der Waals surface area contributed by atoms with Crippen LogP contribution in [-0.2, 0) is 6.54 Å². The number of halogens is 1. The zero-order valence-electron chi connectivity index (χ0n) is 8.36. The van der Waals surface area contributed by atoms with E-state index in [0.29, 0.717) is 10.6 Å². The molecule has 0 aliphatic heterocycles. The lowest BCUT2D eigenvalue weighted by atomic mass is 10.4. The quantitative estimate of drug-likeness (QED) is 0.817. The smallest absolute Gasteiger partial charge is 0.297 e. The van der Waals surface area contributed by atoms with Crippen LogP contribution in [0.5, 0.6) is 0 Å². The number of H-pyrrole nitrogens is 1. The molecule has 0 saturated carbocycles. The molecule has 1 N–H and O–H groups in total. The van der Waals surface area contributed by atoms with Gasteiger partial charge in [-0.3, -0.25) is 14.3 Å². The van der Waals surface area contributed by atoms with Gasteiger partial charge < -0.3 is 0 Å². The van der Waals surface area contributed by atoms with Crippen molar-refractivity contribution in [3.05, 3.63) is 48.1 Å². The van der Waals surface area contributed by atoms with Gasteiger partial charge in [0.15, 0.2) is 0 Å². The fourth-order valence-corrected chi connectivity index (χ4v) is 2.02. The van der Waals surface area contributed by atoms with Crippen LogP contribution in [0.3, 0.4) is 0 Å². The molecular formula is C9H8ClN3O2S. The highest BCUT2D eigenvalue weighted by Gasteiger charge is 2.09. The van der Waals surface area contributed by atoms with Gasteiger partial charge in [0.1, 0.15) is 10.2 Å². The summed E-state index contributed by atoms with van der Waals surface area (Å²) in [6.45, 7) is 1.74. The minimum atomic E-state index is -0.518. The summed E-state index contributed by atoms with van der Waals surface area (Å²) in [7, 11) is 0. The fraction of sp³-hybridized carbons (Fsp3) is 0.222. The maximum Gasteiger partial charge on any atom is 0.329 e. The van der Waals surface area contributed by atoms with Gasteiger partial charge in [-0.2, -0.15) is 0 Å². The molecule has 0 amide bonds. The van der Waals surface area contributed by atoms with Crippen LogP contribution >= 0.6 is 22.9 Å². The highest BCUT2D eigenvalue weighted by molar-refractivity contribution is 7.09. The summed E-state index contributed by atoms with van der Waals surface area (Å²) in [6.07, 6.45) is 1.63. The third kappa shape index (κ3) is 1.94. The Balaban J connectivity index is 2.54. The van der Waals surface area contributed by atoms with E-state index in [1.165, 1.54) is 11.3 Å². The minimum Gasteiger partial charge on any atom is -0.297 e. The lowest BCUT2D eigenvalue weighted by molar-refractivity contribution is 0.688. The number of rotatable bonds is 2. The summed E-state index contributed by atoms with van der Waals surface area (Å²) < 4.78 is 1.08. The van der Waals surface area contributed by atoms with E-state index in [-0.39, 0.29) is 17.3 Å². The van der Waals surface area contributed by atoms with E-state index < -0.39 is 5.69 Å². The second kappa shape index (κ2) is 4.23. The molecule has 2 aromatic heterocycles. The molecule has 0 aliphatic carbocycles. The highest BCUT2D eigenvalue weighted by Crippen LogP contribution is 2.06. The van der Waals surface area contributed by atoms with Crippen molar-refractivity contribution in [2.45, 2.75) is 13.5 Å². The molecule has 7 heteroatoms. The molecule has 0 saturated heterocycles. The van der Waals surface area contributed by atoms with Crippen LogP contribution in [0.2, 0.25) is 5.15 Å². The Morgan fingerprint density at radius 2 is 2.31 bits per heavy atom. The van der Waals surface area contributed by atoms with E-state index in [4.69, 9.17) is 11.6 Å². The van der Waals surface area contributed by atoms with Crippen molar-refractivity contribution in [2.75, 3.05) is 0 Å². The first-order chi connectivity index (χ1) is 7.59. The summed E-state index contributed by atoms with van der Waals surface area (Å²) in [5, 5.41) is 2.58. The zero-order chi connectivity index (χ0) is 11.7. The van der Waals surface area contributed by atoms with Gasteiger partial charge in [-0.05, 0) is 6.92 Å². The van der Waals surface area contributed by atoms with Crippen molar-refractivity contribution >= 4 is 22.9 Å². The van der Waals surface area contributed by atoms with Crippen LogP contribution in [0.1, 0.15) is 10.6 Å². The second-order valence-electron chi connectivity index (χ2n) is 3.19. The van der Waals surface area contributed by atoms with Gasteiger partial charge in [0.05, 0.1) is 6.54 Å². The molecule has 5 nitrogen and oxygen atoms in total. The van der Waals surface area contributed by atoms with Crippen molar-refractivity contribution < 1.29 is 0 Å². The minimum absolute atomic E-state index is 0.0883. The molecule has 2 rings (SSSR count). The number of aromatic amines is 1. The summed E-state index contributed by atoms with van der Waals surface area (Å²) in [6, 6.07) is 0. The first-order valence-electron chi connectivity index (χ1n) is 4.47. The third-order valence-corrected chi connectivity index (χ3v) is 3.28. The second-order valence-corrected chi connectivity index (χ2v) is 4.54. The average molecular weight is 258 g/mol. The van der Waals surface area contributed by atoms with Crippen LogP contribution in [0, 0.1) is 6.92 Å². The van der Waals surface area contributed by atoms with Gasteiger partial charge in [0.2, 0.25) is 0 Å². The topological polar surface area (TPSA) is 67.8 Å². The fourth-order valence-electron chi connectivity index (χ4n) is 1.25. The van der Waals surface area contributed by atoms with Gasteiger partial charge in [0, 0.05) is 17.1 Å². The molecule has 0 bridgehead atoms. The van der Waals surface area contributed by atoms with Gasteiger partial charge in [-0.25, -0.2) is 9.78 Å². The largest absolute Gasteiger partial charge is 0.329 e. The maximum absolute atomic E-state index is 11.8. The Hall–Kier alpha value is -1.40. The molecule has 2 heterocycles. The number of nitrogens with zero attached hydrogens (tertiary/aromatic N) is 2. The Labute approximate surface area is 99.4 Å². The average Bonchev–Trinajstić information content (AvgIpc) is 2.74. The summed E-state index contributed by atoms with van der Waals surface area (Å²) in [5.41, 5.74) is -0.572. The molecule has 0 radical (unpaired) electrons. The standard InChI is InChI=1S/C9H8ClN3O2S/c1-5-7(10)12-9(15)13(8(5)14)4-6-11-2-3-16-6/h2-3H,4H2,1H3,(H,12,15). The van der Waals surface area contributed by atoms with Gasteiger partial charge in [0.25, 0.3) is 5.56 Å². The van der Waals surface area contributed by atoms with Crippen molar-refractivity contribution in [2.24, 2.45) is 0 Å². The number of thiazole rings is 1. The van der Waals surface area contributed by atoms with E-state index in [0.717, 1.165) is 4.57 Å². The number of hydrogen-bond acceptors (Lipinski definition) is 4. The monoisotopic (exact) mass is 257 g/mol. The van der Waals surface area contributed by atoms with E-state index in [2.05, 4.69) is 9.97 Å². The first kappa shape index (κ1) is 11.1. The van der Waals surface area contributed by atoms with E-state index in [9.17, 15) is 9.59 Å². The maximum atomic E-state index is 11.8. The third-order valence-electron chi connectivity index (χ3n) is 2.13. The lowest BCUT2D eigenvalue weighted by Gasteiger charge is -2.04. The van der Waals surface area contributed by atoms with E-state index in [1.807, 2.05) is 0 Å². The Kier molecular flexibility index (Phi) is 2.93. The van der Waals surface area contributed by atoms with Gasteiger partial charge in [-0.1, -0.05) is 11.6 Å². The molecule has 0 fully saturated rings. The molecule has 0 aliphatic rings. The molecule has 0 atom stereocenters. The van der Waals surface area contributed by atoms with Gasteiger partial charge >= 0.3 is 5.69 Å². The van der Waals surface area contributed by atoms with Crippen molar-refractivity contribution in [3.63, 3.8) is 0 Å². The number of hydrogen-bond donors (Lipinski definition) is 1. The normalized spacial score (nSPS) is 10.6. The molecule has 84 valence electrons. The van der Waals surface area contributed by atoms with Crippen molar-refractivity contribution in [1.82, 2.24) is 14.5 Å². The Bertz CT molecular complexity index is 615. The van der Waals surface area contributed by atoms with Crippen LogP contribution in [0.25, 0.3) is 0 Å². The molecule has 0 unspecified atom stereocenters. The highest BCUT2D eigenvalue weighted by atomic mass is 35.5. The SMILES string of the molecule is Cc1c(Cl)[nH]c(=O)n(Cc2nccs2)c1=O. The van der Waals surface area contributed by atoms with E-state index in [1.54, 1.807) is 18.5 Å². The van der Waals surface area contributed by atoms with Crippen LogP contribution < -0.4 is 11.2 Å². The van der Waals surface area contributed by atoms with E-state index >= 15 is 0 Å². The van der Waals surface area contributed by atoms with Crippen LogP contribution in [0.4, 0.5) is 0 Å². The molecular weight excluding hydrogens is 250 g/mol. The van der Waals surface area contributed by atoms with Crippen LogP contribution in [0.15, 0.2) is 21.2 Å². The first-order valence-corrected chi connectivity index (χ1v) is 5.73. The zero-order valence-corrected chi connectivity index (χ0v) is 9.93. The van der Waals surface area contributed by atoms with Crippen molar-refractivity contribution in [3.8, 4) is 0 Å².